The molecule has 0 saturated carbocycles. The molecule has 0 radical (unpaired) electrons. The highest BCUT2D eigenvalue weighted by molar-refractivity contribution is 5.98. The summed E-state index contributed by atoms with van der Waals surface area (Å²) < 4.78 is 105. The number of carbonyl (C=O) groups excluding carboxylic acids is 5. The lowest BCUT2D eigenvalue weighted by Crippen LogP contribution is -2.25. The van der Waals surface area contributed by atoms with Gasteiger partial charge in [0.05, 0.1) is 0 Å². The second-order valence-corrected chi connectivity index (χ2v) is 31.9. The van der Waals surface area contributed by atoms with Crippen molar-refractivity contribution in [1.82, 2.24) is 78.3 Å². The van der Waals surface area contributed by atoms with Crippen molar-refractivity contribution in [1.29, 1.82) is 0 Å². The molecule has 140 heavy (non-hydrogen) atoms. The summed E-state index contributed by atoms with van der Waals surface area (Å²) in [4.78, 5) is 74.7. The van der Waals surface area contributed by atoms with Gasteiger partial charge in [-0.3, -0.25) is 32.8 Å². The SMILES string of the molecule is O=C(CCc1cccc(OCc2ccccc2F)c1)c1ccc2ncnn2c1.O=C(CCc1cccc(OCc2ccccc2F)c1)c1ccc2nncn2c1.O=C(CCc1cccc(OCc2ccccc2F)c1)c1ccn2cnnc2c1.O=C(CCc1cccc(OCc2ccccc2F)c1)c1ccn2ncnc2c1.O=C(NCc1cccc(OCc2ccccc2F)c1)c1cccc2ncnn12. The second kappa shape index (κ2) is 47.3. The third-order valence-electron chi connectivity index (χ3n) is 22.2. The maximum Gasteiger partial charge on any atom is 0.270 e. The summed E-state index contributed by atoms with van der Waals surface area (Å²) in [6, 6.07) is 89.4. The average molecular weight is 1880 g/mol. The molecule has 0 atom stereocenters. The number of nitrogens with one attached hydrogen (secondary N) is 1. The number of amides is 1. The molecule has 1 N–H and O–H groups in total. The topological polar surface area (TPSA) is 294 Å². The van der Waals surface area contributed by atoms with Crippen molar-refractivity contribution in [2.24, 2.45) is 0 Å². The highest BCUT2D eigenvalue weighted by Crippen LogP contribution is 2.27. The van der Waals surface area contributed by atoms with Crippen LogP contribution in [0.15, 0.2) is 366 Å². The lowest BCUT2D eigenvalue weighted by atomic mass is 10.0. The number of aromatic nitrogens is 15. The van der Waals surface area contributed by atoms with Crippen molar-refractivity contribution in [3.8, 4) is 28.7 Å². The Morgan fingerprint density at radius 1 is 0.293 bits per heavy atom. The molecule has 1 amide bonds. The molecular weight excluding hydrogens is 1790 g/mol. The molecule has 20 rings (SSSR count). The highest BCUT2D eigenvalue weighted by Gasteiger charge is 2.18. The molecule has 0 aliphatic carbocycles. The zero-order valence-corrected chi connectivity index (χ0v) is 75.2. The van der Waals surface area contributed by atoms with Crippen LogP contribution in [0.5, 0.6) is 28.7 Å². The van der Waals surface area contributed by atoms with Crippen molar-refractivity contribution in [2.45, 2.75) is 90.9 Å². The molecule has 0 spiro atoms. The van der Waals surface area contributed by atoms with Crippen molar-refractivity contribution in [2.75, 3.05) is 0 Å². The van der Waals surface area contributed by atoms with Gasteiger partial charge in [-0.15, -0.1) is 20.4 Å². The Morgan fingerprint density at radius 3 is 1.11 bits per heavy atom. The van der Waals surface area contributed by atoms with Gasteiger partial charge in [-0.05, 0) is 205 Å². The number of fused-ring (bicyclic) bond motifs is 5. The molecule has 0 aliphatic heterocycles. The minimum Gasteiger partial charge on any atom is -0.489 e. The number of rotatable bonds is 34. The van der Waals surface area contributed by atoms with E-state index in [-0.39, 0.29) is 91.2 Å². The highest BCUT2D eigenvalue weighted by atomic mass is 19.1. The molecule has 10 aromatic carbocycles. The fourth-order valence-electron chi connectivity index (χ4n) is 14.6. The van der Waals surface area contributed by atoms with Crippen LogP contribution in [0.3, 0.4) is 0 Å². The Morgan fingerprint density at radius 2 is 0.650 bits per heavy atom. The summed E-state index contributed by atoms with van der Waals surface area (Å²) in [5, 5.41) is 30.5. The summed E-state index contributed by atoms with van der Waals surface area (Å²) in [5.41, 5.74) is 13.5. The number of hydrogen-bond acceptors (Lipinski definition) is 20. The van der Waals surface area contributed by atoms with Crippen LogP contribution in [0.2, 0.25) is 0 Å². The second-order valence-electron chi connectivity index (χ2n) is 31.9. The molecule has 10 aromatic heterocycles. The predicted octanol–water partition coefficient (Wildman–Crippen LogP) is 20.4. The van der Waals surface area contributed by atoms with Gasteiger partial charge in [0.25, 0.3) is 5.91 Å². The summed E-state index contributed by atoms with van der Waals surface area (Å²) in [6.07, 6.45) is 18.3. The van der Waals surface area contributed by atoms with Crippen molar-refractivity contribution < 1.29 is 69.6 Å². The van der Waals surface area contributed by atoms with Crippen LogP contribution in [0.1, 0.15) is 133 Å². The van der Waals surface area contributed by atoms with Crippen LogP contribution in [-0.4, -0.2) is 102 Å². The van der Waals surface area contributed by atoms with Crippen LogP contribution in [0.25, 0.3) is 28.2 Å². The van der Waals surface area contributed by atoms with E-state index in [1.54, 1.807) is 219 Å². The monoisotopic (exact) mass is 1880 g/mol. The van der Waals surface area contributed by atoms with E-state index in [4.69, 9.17) is 23.7 Å². The number of hydrogen-bond donors (Lipinski definition) is 1. The average Bonchev–Trinajstić information content (AvgIpc) is 1.71. The zero-order valence-electron chi connectivity index (χ0n) is 75.2. The molecule has 0 bridgehead atoms. The number of pyridine rings is 5. The third-order valence-corrected chi connectivity index (χ3v) is 22.2. The van der Waals surface area contributed by atoms with Gasteiger partial charge >= 0.3 is 0 Å². The number of carbonyl (C=O) groups is 5. The number of Topliss-reactive ketones (excluding diaryl/α,β-unsaturated/α-hetero) is 4. The smallest absolute Gasteiger partial charge is 0.270 e. The van der Waals surface area contributed by atoms with Crippen molar-refractivity contribution in [3.05, 3.63) is 478 Å². The van der Waals surface area contributed by atoms with E-state index in [0.717, 1.165) is 27.8 Å². The summed E-state index contributed by atoms with van der Waals surface area (Å²) in [5.74, 6) is 1.70. The van der Waals surface area contributed by atoms with Gasteiger partial charge in [0.2, 0.25) is 0 Å². The molecule has 10 heterocycles. The van der Waals surface area contributed by atoms with Crippen LogP contribution in [0.4, 0.5) is 22.0 Å². The Labute approximate surface area is 799 Å². The number of aryl methyl sites for hydroxylation is 4. The standard InChI is InChI=1S/4C22H18FN3O2.C21H17FN4O2/c23-20-7-2-1-5-18(20)14-28-19-6-3-4-16(12-19)8-10-21(27)17-9-11-22-25-24-15-26(22)13-17;23-20-7-2-1-5-18(20)14-28-19-6-3-4-16(12-19)8-10-21(27)17-9-11-22-24-15-25-26(22)13-17;23-20-7-2-1-5-18(20)14-28-19-6-3-4-16(12-19)8-9-21(27)17-10-11-26-15-24-25-22(26)13-17;23-20-7-2-1-5-18(20)14-28-19-6-3-4-16(12-19)8-9-21(27)17-10-11-26-22(13-17)24-15-25-26;22-18-8-2-1-6-16(18)13-28-17-7-3-5-15(11-17)12-23-21(27)19-9-4-10-20-24-14-25-26(19)20/h2*1-7,9,11-13,15H,8,10,14H2;2*1-7,10-13,15H,8-9,14H2;1-11,14H,12-13H2,(H,23,27). The quantitative estimate of drug-likeness (QED) is 0.0289. The van der Waals surface area contributed by atoms with Gasteiger partial charge in [0.1, 0.15) is 128 Å². The van der Waals surface area contributed by atoms with E-state index in [9.17, 15) is 45.9 Å². The van der Waals surface area contributed by atoms with Crippen LogP contribution >= 0.6 is 0 Å². The van der Waals surface area contributed by atoms with Gasteiger partial charge in [-0.1, -0.05) is 158 Å². The Kier molecular flexibility index (Phi) is 32.2. The number of ketones is 4. The van der Waals surface area contributed by atoms with Gasteiger partial charge < -0.3 is 29.0 Å². The fourth-order valence-corrected chi connectivity index (χ4v) is 14.6. The summed E-state index contributed by atoms with van der Waals surface area (Å²) in [7, 11) is 0. The minimum absolute atomic E-state index is 0.0371. The first kappa shape index (κ1) is 95.3. The Hall–Kier alpha value is -17.9. The van der Waals surface area contributed by atoms with Gasteiger partial charge in [-0.25, -0.2) is 50.5 Å². The van der Waals surface area contributed by atoms with E-state index in [1.807, 2.05) is 115 Å². The molecule has 31 heteroatoms. The molecule has 0 saturated heterocycles. The third kappa shape index (κ3) is 26.6. The molecule has 0 unspecified atom stereocenters. The Bertz CT molecular complexity index is 6980. The van der Waals surface area contributed by atoms with Crippen LogP contribution in [0, 0.1) is 29.1 Å². The van der Waals surface area contributed by atoms with E-state index >= 15 is 0 Å². The van der Waals surface area contributed by atoms with Crippen LogP contribution < -0.4 is 29.0 Å². The maximum absolute atomic E-state index is 13.7. The predicted molar refractivity (Wildman–Crippen MR) is 513 cm³/mol. The normalized spacial score (nSPS) is 10.9. The minimum atomic E-state index is -0.298. The summed E-state index contributed by atoms with van der Waals surface area (Å²) in [6.45, 7) is 1.10. The number of ether oxygens (including phenoxy) is 5. The van der Waals surface area contributed by atoms with Crippen molar-refractivity contribution in [3.63, 3.8) is 0 Å². The van der Waals surface area contributed by atoms with Gasteiger partial charge in [0, 0.05) is 107 Å². The van der Waals surface area contributed by atoms with Crippen LogP contribution in [-0.2, 0) is 65.3 Å². The Balaban J connectivity index is 0.000000126. The van der Waals surface area contributed by atoms with E-state index in [1.165, 1.54) is 53.8 Å². The molecule has 20 aromatic rings. The molecule has 0 aliphatic rings. The lowest BCUT2D eigenvalue weighted by Gasteiger charge is -2.10. The maximum atomic E-state index is 13.7. The first-order chi connectivity index (χ1) is 68.5. The number of halogens is 5. The van der Waals surface area contributed by atoms with Crippen molar-refractivity contribution >= 4 is 57.3 Å². The molecule has 700 valence electrons. The number of benzene rings is 10. The zero-order chi connectivity index (χ0) is 96.7. The van der Waals surface area contributed by atoms with E-state index in [2.05, 4.69) is 56.0 Å². The fraction of sp³-hybridized carbons (Fsp3) is 0.128. The van der Waals surface area contributed by atoms with Gasteiger partial charge in [0.15, 0.2) is 51.4 Å². The first-order valence-electron chi connectivity index (χ1n) is 44.6. The molecular formula is C109H89F5N16O10. The summed E-state index contributed by atoms with van der Waals surface area (Å²) >= 11 is 0. The first-order valence-corrected chi connectivity index (χ1v) is 44.6. The largest absolute Gasteiger partial charge is 0.489 e. The van der Waals surface area contributed by atoms with Gasteiger partial charge in [-0.2, -0.15) is 15.3 Å². The van der Waals surface area contributed by atoms with E-state index in [0.29, 0.717) is 171 Å². The molecule has 0 fully saturated rings. The lowest BCUT2D eigenvalue weighted by molar-refractivity contribution is 0.0939. The van der Waals surface area contributed by atoms with E-state index < -0.39 is 0 Å². The number of nitrogens with zero attached hydrogens (tertiary/aromatic N) is 15. The molecule has 26 nitrogen and oxygen atoms in total.